The molecule has 0 saturated heterocycles. The first-order valence-electron chi connectivity index (χ1n) is 6.87. The van der Waals surface area contributed by atoms with E-state index < -0.39 is 0 Å². The van der Waals surface area contributed by atoms with Gasteiger partial charge in [0, 0.05) is 6.04 Å². The van der Waals surface area contributed by atoms with Gasteiger partial charge in [0.15, 0.2) is 11.5 Å². The van der Waals surface area contributed by atoms with Crippen molar-refractivity contribution in [3.05, 3.63) is 17.7 Å². The molecule has 0 amide bonds. The van der Waals surface area contributed by atoms with Gasteiger partial charge in [0.1, 0.15) is 0 Å². The summed E-state index contributed by atoms with van der Waals surface area (Å²) >= 11 is 0. The van der Waals surface area contributed by atoms with E-state index in [0.29, 0.717) is 17.4 Å². The van der Waals surface area contributed by atoms with Crippen molar-refractivity contribution in [2.45, 2.75) is 38.1 Å². The highest BCUT2D eigenvalue weighted by Crippen LogP contribution is 2.41. The number of phenolic OH excluding ortho intramolecular Hbond substituents is 1. The zero-order valence-electron chi connectivity index (χ0n) is 11.7. The monoisotopic (exact) mass is 265 g/mol. The average Bonchev–Trinajstić information content (AvgIpc) is 2.47. The van der Waals surface area contributed by atoms with Crippen molar-refractivity contribution in [3.8, 4) is 17.2 Å². The van der Waals surface area contributed by atoms with Crippen LogP contribution >= 0.6 is 0 Å². The second-order valence-electron chi connectivity index (χ2n) is 5.20. The Kier molecular flexibility index (Phi) is 4.53. The molecule has 0 aromatic heterocycles. The van der Waals surface area contributed by atoms with E-state index in [1.807, 2.05) is 12.1 Å². The van der Waals surface area contributed by atoms with Gasteiger partial charge in [-0.3, -0.25) is 0 Å². The van der Waals surface area contributed by atoms with E-state index in [4.69, 9.17) is 15.2 Å². The number of aromatic hydroxyl groups is 1. The van der Waals surface area contributed by atoms with Crippen molar-refractivity contribution in [1.82, 2.24) is 0 Å². The minimum absolute atomic E-state index is 0.0244. The Bertz CT molecular complexity index is 402. The van der Waals surface area contributed by atoms with E-state index in [1.54, 1.807) is 0 Å². The summed E-state index contributed by atoms with van der Waals surface area (Å²) in [4.78, 5) is 0. The largest absolute Gasteiger partial charge is 0.502 e. The molecule has 106 valence electrons. The Morgan fingerprint density at radius 3 is 2.11 bits per heavy atom. The summed E-state index contributed by atoms with van der Waals surface area (Å²) in [5, 5.41) is 9.91. The molecule has 1 aromatic carbocycles. The number of methoxy groups -OCH3 is 2. The molecule has 19 heavy (non-hydrogen) atoms. The molecule has 4 heteroatoms. The predicted molar refractivity (Wildman–Crippen MR) is 74.7 cm³/mol. The van der Waals surface area contributed by atoms with Crippen molar-refractivity contribution in [2.24, 2.45) is 11.7 Å². The molecule has 0 spiro atoms. The fourth-order valence-corrected chi connectivity index (χ4v) is 2.87. The van der Waals surface area contributed by atoms with Crippen LogP contribution in [0.5, 0.6) is 17.2 Å². The first-order chi connectivity index (χ1) is 9.17. The lowest BCUT2D eigenvalue weighted by molar-refractivity contribution is 0.304. The van der Waals surface area contributed by atoms with E-state index in [9.17, 15) is 5.11 Å². The van der Waals surface area contributed by atoms with Gasteiger partial charge in [-0.2, -0.15) is 0 Å². The molecule has 2 rings (SSSR count). The number of hydrogen-bond acceptors (Lipinski definition) is 4. The highest BCUT2D eigenvalue weighted by Gasteiger charge is 2.24. The Labute approximate surface area is 114 Å². The van der Waals surface area contributed by atoms with Gasteiger partial charge >= 0.3 is 0 Å². The third-order valence-electron chi connectivity index (χ3n) is 4.04. The first kappa shape index (κ1) is 14.0. The average molecular weight is 265 g/mol. The number of ether oxygens (including phenoxy) is 2. The quantitative estimate of drug-likeness (QED) is 0.878. The van der Waals surface area contributed by atoms with E-state index in [-0.39, 0.29) is 11.8 Å². The van der Waals surface area contributed by atoms with E-state index in [1.165, 1.54) is 46.3 Å². The Hall–Kier alpha value is -1.42. The maximum Gasteiger partial charge on any atom is 0.200 e. The van der Waals surface area contributed by atoms with Crippen molar-refractivity contribution in [2.75, 3.05) is 14.2 Å². The van der Waals surface area contributed by atoms with Crippen LogP contribution in [-0.2, 0) is 0 Å². The SMILES string of the molecule is COc1cc([C@H](N)C2CCCCC2)cc(OC)c1O. The van der Waals surface area contributed by atoms with Crippen LogP contribution in [0.15, 0.2) is 12.1 Å². The van der Waals surface area contributed by atoms with Crippen molar-refractivity contribution < 1.29 is 14.6 Å². The van der Waals surface area contributed by atoms with Crippen LogP contribution in [0.1, 0.15) is 43.7 Å². The summed E-state index contributed by atoms with van der Waals surface area (Å²) in [5.41, 5.74) is 7.34. The summed E-state index contributed by atoms with van der Waals surface area (Å²) in [6.45, 7) is 0. The summed E-state index contributed by atoms with van der Waals surface area (Å²) in [5.74, 6) is 1.37. The van der Waals surface area contributed by atoms with Crippen LogP contribution in [0.3, 0.4) is 0 Å². The van der Waals surface area contributed by atoms with Gasteiger partial charge < -0.3 is 20.3 Å². The predicted octanol–water partition coefficient (Wildman–Crippen LogP) is 2.99. The number of hydrogen-bond donors (Lipinski definition) is 2. The molecule has 1 atom stereocenters. The molecule has 3 N–H and O–H groups in total. The third kappa shape index (κ3) is 2.95. The maximum absolute atomic E-state index is 9.91. The van der Waals surface area contributed by atoms with Crippen LogP contribution in [0, 0.1) is 5.92 Å². The Morgan fingerprint density at radius 1 is 1.11 bits per heavy atom. The standard InChI is InChI=1S/C15H23NO3/c1-18-12-8-11(9-13(19-2)15(12)17)14(16)10-6-4-3-5-7-10/h8-10,14,17H,3-7,16H2,1-2H3/t14-/m1/s1. The minimum atomic E-state index is -0.0244. The van der Waals surface area contributed by atoms with Gasteiger partial charge in [-0.25, -0.2) is 0 Å². The lowest BCUT2D eigenvalue weighted by Crippen LogP contribution is -2.23. The number of benzene rings is 1. The Morgan fingerprint density at radius 2 is 1.63 bits per heavy atom. The van der Waals surface area contributed by atoms with Gasteiger partial charge in [-0.1, -0.05) is 19.3 Å². The topological polar surface area (TPSA) is 64.7 Å². The second kappa shape index (κ2) is 6.15. The molecule has 1 fully saturated rings. The van der Waals surface area contributed by atoms with Crippen LogP contribution in [0.2, 0.25) is 0 Å². The molecule has 0 unspecified atom stereocenters. The van der Waals surface area contributed by atoms with E-state index in [0.717, 1.165) is 5.56 Å². The highest BCUT2D eigenvalue weighted by atomic mass is 16.5. The molecule has 1 aliphatic carbocycles. The number of rotatable bonds is 4. The van der Waals surface area contributed by atoms with Gasteiger partial charge in [-0.05, 0) is 36.5 Å². The van der Waals surface area contributed by atoms with E-state index in [2.05, 4.69) is 0 Å². The molecular formula is C15H23NO3. The van der Waals surface area contributed by atoms with Crippen molar-refractivity contribution >= 4 is 0 Å². The molecule has 0 radical (unpaired) electrons. The number of phenols is 1. The van der Waals surface area contributed by atoms with Crippen molar-refractivity contribution in [3.63, 3.8) is 0 Å². The fourth-order valence-electron chi connectivity index (χ4n) is 2.87. The number of nitrogens with two attached hydrogens (primary N) is 1. The molecule has 0 bridgehead atoms. The molecule has 0 heterocycles. The summed E-state index contributed by atoms with van der Waals surface area (Å²) in [6.07, 6.45) is 6.17. The summed E-state index contributed by atoms with van der Waals surface area (Å²) in [7, 11) is 3.06. The zero-order valence-corrected chi connectivity index (χ0v) is 11.7. The molecule has 4 nitrogen and oxygen atoms in total. The summed E-state index contributed by atoms with van der Waals surface area (Å²) in [6, 6.07) is 3.61. The smallest absolute Gasteiger partial charge is 0.200 e. The lowest BCUT2D eigenvalue weighted by atomic mass is 9.81. The zero-order chi connectivity index (χ0) is 13.8. The summed E-state index contributed by atoms with van der Waals surface area (Å²) < 4.78 is 10.4. The van der Waals surface area contributed by atoms with Gasteiger partial charge in [0.25, 0.3) is 0 Å². The normalized spacial score (nSPS) is 18.1. The lowest BCUT2D eigenvalue weighted by Gasteiger charge is -2.28. The third-order valence-corrected chi connectivity index (χ3v) is 4.04. The van der Waals surface area contributed by atoms with Crippen molar-refractivity contribution in [1.29, 1.82) is 0 Å². The first-order valence-corrected chi connectivity index (χ1v) is 6.87. The highest BCUT2D eigenvalue weighted by molar-refractivity contribution is 5.53. The molecular weight excluding hydrogens is 242 g/mol. The minimum Gasteiger partial charge on any atom is -0.502 e. The van der Waals surface area contributed by atoms with E-state index >= 15 is 0 Å². The van der Waals surface area contributed by atoms with Crippen LogP contribution in [0.25, 0.3) is 0 Å². The van der Waals surface area contributed by atoms with Gasteiger partial charge in [0.2, 0.25) is 5.75 Å². The Balaban J connectivity index is 2.27. The second-order valence-corrected chi connectivity index (χ2v) is 5.20. The van der Waals surface area contributed by atoms with Gasteiger partial charge in [0.05, 0.1) is 14.2 Å². The maximum atomic E-state index is 9.91. The van der Waals surface area contributed by atoms with Crippen LogP contribution in [-0.4, -0.2) is 19.3 Å². The molecule has 1 aromatic rings. The van der Waals surface area contributed by atoms with Gasteiger partial charge in [-0.15, -0.1) is 0 Å². The molecule has 0 aliphatic heterocycles. The fraction of sp³-hybridized carbons (Fsp3) is 0.600. The van der Waals surface area contributed by atoms with Crippen LogP contribution < -0.4 is 15.2 Å². The molecule has 1 aliphatic rings. The molecule has 1 saturated carbocycles. The van der Waals surface area contributed by atoms with Crippen LogP contribution in [0.4, 0.5) is 0 Å².